The number of carboxylic acid groups (broad SMARTS) is 1. The van der Waals surface area contributed by atoms with Gasteiger partial charge in [0.15, 0.2) is 0 Å². The van der Waals surface area contributed by atoms with Gasteiger partial charge in [0, 0.05) is 24.9 Å². The highest BCUT2D eigenvalue weighted by Crippen LogP contribution is 2.24. The van der Waals surface area contributed by atoms with Gasteiger partial charge in [0.25, 0.3) is 0 Å². The third kappa shape index (κ3) is 5.44. The quantitative estimate of drug-likeness (QED) is 0.669. The summed E-state index contributed by atoms with van der Waals surface area (Å²) in [6.07, 6.45) is -0.378. The number of nitrogens with one attached hydrogen (secondary N) is 1. The Morgan fingerprint density at radius 1 is 1.47 bits per heavy atom. The molecule has 1 aromatic heterocycles. The molecule has 1 unspecified atom stereocenters. The predicted octanol–water partition coefficient (Wildman–Crippen LogP) is 1.68. The maximum Gasteiger partial charge on any atom is 0.303 e. The highest BCUT2D eigenvalue weighted by Gasteiger charge is 2.24. The topological polar surface area (TPSA) is 82.7 Å². The van der Waals surface area contributed by atoms with Crippen LogP contribution in [0.4, 0.5) is 0 Å². The van der Waals surface area contributed by atoms with Gasteiger partial charge in [0.05, 0.1) is 6.10 Å². The van der Waals surface area contributed by atoms with Crippen LogP contribution in [0.5, 0.6) is 0 Å². The maximum absolute atomic E-state index is 10.4. The minimum Gasteiger partial charge on any atom is -0.481 e. The molecule has 0 aliphatic heterocycles. The second-order valence-electron chi connectivity index (χ2n) is 5.51. The monoisotopic (exact) mass is 269 g/mol. The Kier molecular flexibility index (Phi) is 5.57. The number of furan rings is 1. The smallest absolute Gasteiger partial charge is 0.303 e. The Morgan fingerprint density at radius 3 is 2.68 bits per heavy atom. The van der Waals surface area contributed by atoms with Gasteiger partial charge in [-0.1, -0.05) is 13.8 Å². The molecule has 0 fully saturated rings. The van der Waals surface area contributed by atoms with E-state index in [0.29, 0.717) is 13.1 Å². The molecule has 0 amide bonds. The molecule has 5 nitrogen and oxygen atoms in total. The highest BCUT2D eigenvalue weighted by atomic mass is 16.4. The molecule has 1 heterocycles. The van der Waals surface area contributed by atoms with Crippen molar-refractivity contribution in [1.82, 2.24) is 5.32 Å². The van der Waals surface area contributed by atoms with Crippen molar-refractivity contribution in [2.45, 2.75) is 45.1 Å². The summed E-state index contributed by atoms with van der Waals surface area (Å²) in [7, 11) is 0. The standard InChI is InChI=1S/C14H23NO4/c1-10-4-6-12(19-10)14(2,3)9-15-8-11(16)5-7-13(17)18/h4,6,11,15-16H,5,7-9H2,1-3H3,(H,17,18). The Hall–Kier alpha value is -1.33. The lowest BCUT2D eigenvalue weighted by atomic mass is 9.90. The molecule has 5 heteroatoms. The zero-order chi connectivity index (χ0) is 14.5. The molecule has 0 saturated carbocycles. The number of aliphatic carboxylic acids is 1. The molecule has 0 spiro atoms. The lowest BCUT2D eigenvalue weighted by Crippen LogP contribution is -2.37. The second kappa shape index (κ2) is 6.73. The van der Waals surface area contributed by atoms with E-state index in [2.05, 4.69) is 19.2 Å². The van der Waals surface area contributed by atoms with Gasteiger partial charge >= 0.3 is 5.97 Å². The van der Waals surface area contributed by atoms with Crippen molar-refractivity contribution in [2.24, 2.45) is 0 Å². The van der Waals surface area contributed by atoms with Gasteiger partial charge in [-0.05, 0) is 25.5 Å². The van der Waals surface area contributed by atoms with E-state index < -0.39 is 12.1 Å². The molecule has 0 radical (unpaired) electrons. The first kappa shape index (κ1) is 15.7. The lowest BCUT2D eigenvalue weighted by molar-refractivity contribution is -0.137. The SMILES string of the molecule is Cc1ccc(C(C)(C)CNCC(O)CCC(=O)O)o1. The maximum atomic E-state index is 10.4. The van der Waals surface area contributed by atoms with Gasteiger partial charge in [-0.2, -0.15) is 0 Å². The van der Waals surface area contributed by atoms with Crippen molar-refractivity contribution in [1.29, 1.82) is 0 Å². The summed E-state index contributed by atoms with van der Waals surface area (Å²) in [5.41, 5.74) is -0.166. The van der Waals surface area contributed by atoms with Crippen molar-refractivity contribution in [3.05, 3.63) is 23.7 Å². The number of carbonyl (C=O) groups is 1. The van der Waals surface area contributed by atoms with Gasteiger partial charge in [-0.25, -0.2) is 0 Å². The first-order valence-electron chi connectivity index (χ1n) is 6.49. The Morgan fingerprint density at radius 2 is 2.16 bits per heavy atom. The van der Waals surface area contributed by atoms with Crippen LogP contribution in [0.2, 0.25) is 0 Å². The van der Waals surface area contributed by atoms with Crippen LogP contribution in [0.15, 0.2) is 16.5 Å². The molecule has 1 atom stereocenters. The first-order chi connectivity index (χ1) is 8.81. The van der Waals surface area contributed by atoms with Crippen LogP contribution in [0.1, 0.15) is 38.2 Å². The van der Waals surface area contributed by atoms with Gasteiger partial charge in [-0.3, -0.25) is 4.79 Å². The fraction of sp³-hybridized carbons (Fsp3) is 0.643. The van der Waals surface area contributed by atoms with Crippen LogP contribution in [-0.4, -0.2) is 35.4 Å². The summed E-state index contributed by atoms with van der Waals surface area (Å²) in [5.74, 6) is 0.896. The minimum absolute atomic E-state index is 0.0103. The van der Waals surface area contributed by atoms with E-state index in [1.807, 2.05) is 19.1 Å². The number of hydrogen-bond donors (Lipinski definition) is 3. The molecule has 0 aliphatic rings. The van der Waals surface area contributed by atoms with Crippen LogP contribution in [-0.2, 0) is 10.2 Å². The molecule has 0 aliphatic carbocycles. The number of carboxylic acids is 1. The average molecular weight is 269 g/mol. The predicted molar refractivity (Wildman–Crippen MR) is 72.2 cm³/mol. The fourth-order valence-electron chi connectivity index (χ4n) is 1.83. The summed E-state index contributed by atoms with van der Waals surface area (Å²) in [4.78, 5) is 10.4. The summed E-state index contributed by atoms with van der Waals surface area (Å²) in [6.45, 7) is 7.06. The fourth-order valence-corrected chi connectivity index (χ4v) is 1.83. The average Bonchev–Trinajstić information content (AvgIpc) is 2.74. The number of rotatable bonds is 8. The molecule has 19 heavy (non-hydrogen) atoms. The third-order valence-electron chi connectivity index (χ3n) is 3.05. The third-order valence-corrected chi connectivity index (χ3v) is 3.05. The Bertz CT molecular complexity index is 411. The van der Waals surface area contributed by atoms with Gasteiger partial charge in [-0.15, -0.1) is 0 Å². The second-order valence-corrected chi connectivity index (χ2v) is 5.51. The van der Waals surface area contributed by atoms with Crippen molar-refractivity contribution < 1.29 is 19.4 Å². The van der Waals surface area contributed by atoms with Gasteiger partial charge in [0.1, 0.15) is 11.5 Å². The van der Waals surface area contributed by atoms with E-state index in [4.69, 9.17) is 9.52 Å². The zero-order valence-corrected chi connectivity index (χ0v) is 11.8. The van der Waals surface area contributed by atoms with Gasteiger partial charge < -0.3 is 19.9 Å². The van der Waals surface area contributed by atoms with Gasteiger partial charge in [0.2, 0.25) is 0 Å². The lowest BCUT2D eigenvalue weighted by Gasteiger charge is -2.23. The van der Waals surface area contributed by atoms with Crippen LogP contribution in [0.3, 0.4) is 0 Å². The molecular weight excluding hydrogens is 246 g/mol. The first-order valence-corrected chi connectivity index (χ1v) is 6.49. The number of aryl methyl sites for hydroxylation is 1. The molecule has 0 aromatic carbocycles. The van der Waals surface area contributed by atoms with E-state index in [9.17, 15) is 9.90 Å². The van der Waals surface area contributed by atoms with E-state index in [0.717, 1.165) is 11.5 Å². The number of aliphatic hydroxyl groups is 1. The minimum atomic E-state index is -0.884. The summed E-state index contributed by atoms with van der Waals surface area (Å²) < 4.78 is 5.60. The normalized spacial score (nSPS) is 13.5. The van der Waals surface area contributed by atoms with Crippen molar-refractivity contribution in [3.8, 4) is 0 Å². The van der Waals surface area contributed by atoms with E-state index >= 15 is 0 Å². The van der Waals surface area contributed by atoms with Crippen molar-refractivity contribution in [2.75, 3.05) is 13.1 Å². The molecule has 0 bridgehead atoms. The Labute approximate surface area is 113 Å². The zero-order valence-electron chi connectivity index (χ0n) is 11.8. The molecule has 3 N–H and O–H groups in total. The molecule has 1 rings (SSSR count). The largest absolute Gasteiger partial charge is 0.481 e. The number of aliphatic hydroxyl groups excluding tert-OH is 1. The van der Waals surface area contributed by atoms with Crippen LogP contribution >= 0.6 is 0 Å². The van der Waals surface area contributed by atoms with E-state index in [1.165, 1.54) is 0 Å². The highest BCUT2D eigenvalue weighted by molar-refractivity contribution is 5.66. The summed E-state index contributed by atoms with van der Waals surface area (Å²) >= 11 is 0. The van der Waals surface area contributed by atoms with E-state index in [1.54, 1.807) is 0 Å². The number of hydrogen-bond acceptors (Lipinski definition) is 4. The van der Waals surface area contributed by atoms with Crippen molar-refractivity contribution in [3.63, 3.8) is 0 Å². The van der Waals surface area contributed by atoms with Crippen LogP contribution < -0.4 is 5.32 Å². The summed E-state index contributed by atoms with van der Waals surface area (Å²) in [6, 6.07) is 3.89. The summed E-state index contributed by atoms with van der Waals surface area (Å²) in [5, 5.41) is 21.3. The molecule has 108 valence electrons. The van der Waals surface area contributed by atoms with Crippen LogP contribution in [0.25, 0.3) is 0 Å². The van der Waals surface area contributed by atoms with Crippen LogP contribution in [0, 0.1) is 6.92 Å². The molecule has 1 aromatic rings. The molecule has 0 saturated heterocycles. The Balaban J connectivity index is 2.33. The van der Waals surface area contributed by atoms with E-state index in [-0.39, 0.29) is 18.3 Å². The molecular formula is C14H23NO4. The van der Waals surface area contributed by atoms with Crippen molar-refractivity contribution >= 4 is 5.97 Å².